The third-order valence-electron chi connectivity index (χ3n) is 3.00. The quantitative estimate of drug-likeness (QED) is 0.848. The molecule has 1 saturated heterocycles. The number of nitrogens with two attached hydrogens (primary N) is 1. The fourth-order valence-electron chi connectivity index (χ4n) is 2.00. The van der Waals surface area contributed by atoms with Gasteiger partial charge in [0.2, 0.25) is 10.0 Å². The summed E-state index contributed by atoms with van der Waals surface area (Å²) in [5, 5.41) is 0. The van der Waals surface area contributed by atoms with Crippen molar-refractivity contribution in [1.29, 1.82) is 0 Å². The van der Waals surface area contributed by atoms with E-state index in [2.05, 4.69) is 0 Å². The highest BCUT2D eigenvalue weighted by molar-refractivity contribution is 8.00. The van der Waals surface area contributed by atoms with Crippen molar-refractivity contribution < 1.29 is 12.8 Å². The highest BCUT2D eigenvalue weighted by Crippen LogP contribution is 2.32. The number of halogens is 1. The van der Waals surface area contributed by atoms with Crippen molar-refractivity contribution in [3.05, 3.63) is 24.0 Å². The predicted molar refractivity (Wildman–Crippen MR) is 76.1 cm³/mol. The first kappa shape index (κ1) is 14.6. The first-order valence-corrected chi connectivity index (χ1v) is 8.34. The van der Waals surface area contributed by atoms with Gasteiger partial charge >= 0.3 is 0 Å². The maximum Gasteiger partial charge on any atom is 0.243 e. The van der Waals surface area contributed by atoms with Crippen molar-refractivity contribution in [3.8, 4) is 0 Å². The molecule has 0 saturated carbocycles. The minimum absolute atomic E-state index is 0.0399. The Labute approximate surface area is 117 Å². The van der Waals surface area contributed by atoms with Crippen molar-refractivity contribution in [3.63, 3.8) is 0 Å². The van der Waals surface area contributed by atoms with E-state index in [4.69, 9.17) is 5.73 Å². The van der Waals surface area contributed by atoms with Crippen molar-refractivity contribution >= 4 is 27.5 Å². The van der Waals surface area contributed by atoms with Crippen LogP contribution in [0, 0.1) is 5.82 Å². The van der Waals surface area contributed by atoms with Crippen LogP contribution in [0.2, 0.25) is 0 Å². The summed E-state index contributed by atoms with van der Waals surface area (Å²) in [6, 6.07) is 3.62. The predicted octanol–water partition coefficient (Wildman–Crippen LogP) is 1.92. The molecule has 0 unspecified atom stereocenters. The van der Waals surface area contributed by atoms with Gasteiger partial charge in [0.15, 0.2) is 0 Å². The molecule has 7 heteroatoms. The lowest BCUT2D eigenvalue weighted by molar-refractivity contribution is 0.387. The molecule has 0 aliphatic carbocycles. The zero-order chi connectivity index (χ0) is 14.3. The van der Waals surface area contributed by atoms with Gasteiger partial charge in [-0.3, -0.25) is 0 Å². The number of rotatable bonds is 2. The Balaban J connectivity index is 2.34. The van der Waals surface area contributed by atoms with Crippen molar-refractivity contribution in [2.75, 3.05) is 24.6 Å². The van der Waals surface area contributed by atoms with Crippen LogP contribution in [-0.2, 0) is 10.0 Å². The SMILES string of the molecule is CC1(C)CN(S(=O)(=O)c2ccc(N)c(F)c2)CCS1. The zero-order valence-electron chi connectivity index (χ0n) is 10.9. The molecule has 0 aromatic heterocycles. The van der Waals surface area contributed by atoms with Crippen LogP contribution in [0.1, 0.15) is 13.8 Å². The van der Waals surface area contributed by atoms with Crippen LogP contribution in [-0.4, -0.2) is 36.3 Å². The maximum absolute atomic E-state index is 13.4. The number of thioether (sulfide) groups is 1. The summed E-state index contributed by atoms with van der Waals surface area (Å²) in [5.74, 6) is 0.0377. The molecule has 1 aromatic carbocycles. The highest BCUT2D eigenvalue weighted by atomic mass is 32.2. The summed E-state index contributed by atoms with van der Waals surface area (Å²) in [6.07, 6.45) is 0. The Morgan fingerprint density at radius 1 is 1.42 bits per heavy atom. The van der Waals surface area contributed by atoms with E-state index < -0.39 is 15.8 Å². The second-order valence-corrected chi connectivity index (χ2v) is 8.87. The molecule has 4 nitrogen and oxygen atoms in total. The molecule has 1 heterocycles. The van der Waals surface area contributed by atoms with Crippen LogP contribution >= 0.6 is 11.8 Å². The van der Waals surface area contributed by atoms with E-state index in [0.717, 1.165) is 11.8 Å². The Morgan fingerprint density at radius 3 is 2.68 bits per heavy atom. The molecule has 2 rings (SSSR count). The standard InChI is InChI=1S/C12H17FN2O2S2/c1-12(2)8-15(5-6-18-12)19(16,17)9-3-4-11(14)10(13)7-9/h3-4,7H,5-6,8,14H2,1-2H3. The highest BCUT2D eigenvalue weighted by Gasteiger charge is 2.34. The molecule has 1 aromatic rings. The van der Waals surface area contributed by atoms with Crippen molar-refractivity contribution in [2.45, 2.75) is 23.5 Å². The molecule has 0 bridgehead atoms. The first-order valence-electron chi connectivity index (χ1n) is 5.91. The van der Waals surface area contributed by atoms with Crippen molar-refractivity contribution in [1.82, 2.24) is 4.31 Å². The van der Waals surface area contributed by atoms with E-state index in [9.17, 15) is 12.8 Å². The minimum atomic E-state index is -3.65. The number of hydrogen-bond donors (Lipinski definition) is 1. The second-order valence-electron chi connectivity index (χ2n) is 5.13. The van der Waals surface area contributed by atoms with Crippen LogP contribution in [0.5, 0.6) is 0 Å². The first-order chi connectivity index (χ1) is 8.72. The zero-order valence-corrected chi connectivity index (χ0v) is 12.5. The maximum atomic E-state index is 13.4. The van der Waals surface area contributed by atoms with Crippen molar-refractivity contribution in [2.24, 2.45) is 0 Å². The Bertz CT molecular complexity index is 587. The average molecular weight is 304 g/mol. The van der Waals surface area contributed by atoms with Gasteiger partial charge in [0.05, 0.1) is 10.6 Å². The summed E-state index contributed by atoms with van der Waals surface area (Å²) in [5.41, 5.74) is 5.32. The molecule has 106 valence electrons. The molecule has 0 radical (unpaired) electrons. The Morgan fingerprint density at radius 2 is 2.11 bits per heavy atom. The molecule has 0 spiro atoms. The van der Waals surface area contributed by atoms with E-state index in [1.54, 1.807) is 11.8 Å². The van der Waals surface area contributed by atoms with E-state index in [1.807, 2.05) is 13.8 Å². The Hall–Kier alpha value is -0.790. The molecule has 1 aliphatic heterocycles. The van der Waals surface area contributed by atoms with Gasteiger partial charge in [-0.2, -0.15) is 16.1 Å². The molecule has 1 fully saturated rings. The van der Waals surface area contributed by atoms with E-state index >= 15 is 0 Å². The van der Waals surface area contributed by atoms with Gasteiger partial charge in [0.25, 0.3) is 0 Å². The summed E-state index contributed by atoms with van der Waals surface area (Å²) in [6.45, 7) is 4.88. The monoisotopic (exact) mass is 304 g/mol. The largest absolute Gasteiger partial charge is 0.396 e. The van der Waals surface area contributed by atoms with E-state index in [1.165, 1.54) is 16.4 Å². The van der Waals surface area contributed by atoms with Gasteiger partial charge in [-0.25, -0.2) is 12.8 Å². The lowest BCUT2D eigenvalue weighted by atomic mass is 10.2. The number of hydrogen-bond acceptors (Lipinski definition) is 4. The summed E-state index contributed by atoms with van der Waals surface area (Å²) >= 11 is 1.74. The molecular weight excluding hydrogens is 287 g/mol. The fraction of sp³-hybridized carbons (Fsp3) is 0.500. The molecule has 2 N–H and O–H groups in total. The van der Waals surface area contributed by atoms with E-state index in [0.29, 0.717) is 13.1 Å². The summed E-state index contributed by atoms with van der Waals surface area (Å²) in [7, 11) is -3.65. The number of benzene rings is 1. The minimum Gasteiger partial charge on any atom is -0.396 e. The lowest BCUT2D eigenvalue weighted by Crippen LogP contribution is -2.46. The van der Waals surface area contributed by atoms with Crippen LogP contribution < -0.4 is 5.73 Å². The smallest absolute Gasteiger partial charge is 0.243 e. The van der Waals surface area contributed by atoms with Crippen LogP contribution in [0.15, 0.2) is 23.1 Å². The van der Waals surface area contributed by atoms with Gasteiger partial charge in [-0.05, 0) is 32.0 Å². The van der Waals surface area contributed by atoms with Crippen LogP contribution in [0.4, 0.5) is 10.1 Å². The fourth-order valence-corrected chi connectivity index (χ4v) is 4.92. The Kier molecular flexibility index (Phi) is 3.81. The molecular formula is C12H17FN2O2S2. The van der Waals surface area contributed by atoms with Gasteiger partial charge in [-0.1, -0.05) is 0 Å². The summed E-state index contributed by atoms with van der Waals surface area (Å²) < 4.78 is 39.6. The van der Waals surface area contributed by atoms with Crippen LogP contribution in [0.3, 0.4) is 0 Å². The second kappa shape index (κ2) is 4.96. The van der Waals surface area contributed by atoms with Gasteiger partial charge in [0.1, 0.15) is 5.82 Å². The van der Waals surface area contributed by atoms with Crippen LogP contribution in [0.25, 0.3) is 0 Å². The molecule has 0 amide bonds. The van der Waals surface area contributed by atoms with E-state index in [-0.39, 0.29) is 15.3 Å². The normalized spacial score (nSPS) is 20.4. The lowest BCUT2D eigenvalue weighted by Gasteiger charge is -2.36. The average Bonchev–Trinajstić information content (AvgIpc) is 2.31. The van der Waals surface area contributed by atoms with Gasteiger partial charge < -0.3 is 5.73 Å². The molecule has 19 heavy (non-hydrogen) atoms. The number of sulfonamides is 1. The molecule has 1 aliphatic rings. The number of nitrogens with zero attached hydrogens (tertiary/aromatic N) is 1. The third-order valence-corrected chi connectivity index (χ3v) is 6.14. The molecule has 0 atom stereocenters. The number of nitrogen functional groups attached to an aromatic ring is 1. The topological polar surface area (TPSA) is 63.4 Å². The van der Waals surface area contributed by atoms with Gasteiger partial charge in [-0.15, -0.1) is 0 Å². The summed E-state index contributed by atoms with van der Waals surface area (Å²) in [4.78, 5) is -0.0399. The number of anilines is 1. The van der Waals surface area contributed by atoms with Gasteiger partial charge in [0, 0.05) is 23.6 Å². The third kappa shape index (κ3) is 3.04.